The quantitative estimate of drug-likeness (QED) is 0.531. The molecule has 1 aliphatic rings. The number of unbranched alkanes of at least 4 members (excludes halogenated alkanes) is 2. The lowest BCUT2D eigenvalue weighted by Gasteiger charge is -2.45. The van der Waals surface area contributed by atoms with Gasteiger partial charge in [-0.15, -0.1) is 0 Å². The minimum atomic E-state index is 0.450. The van der Waals surface area contributed by atoms with E-state index < -0.39 is 0 Å². The SMILES string of the molecule is CCC(C)(C)C(CCCCC#N)C1(C)CCCC1. The highest BCUT2D eigenvalue weighted by molar-refractivity contribution is 4.93. The minimum Gasteiger partial charge on any atom is -0.198 e. The van der Waals surface area contributed by atoms with E-state index in [-0.39, 0.29) is 0 Å². The van der Waals surface area contributed by atoms with Crippen molar-refractivity contribution in [2.24, 2.45) is 16.7 Å². The Morgan fingerprint density at radius 1 is 1.22 bits per heavy atom. The lowest BCUT2D eigenvalue weighted by Crippen LogP contribution is -2.36. The zero-order valence-corrected chi connectivity index (χ0v) is 12.9. The van der Waals surface area contributed by atoms with Crippen LogP contribution in [0.25, 0.3) is 0 Å². The Morgan fingerprint density at radius 3 is 2.33 bits per heavy atom. The molecule has 0 N–H and O–H groups in total. The average molecular weight is 249 g/mol. The van der Waals surface area contributed by atoms with Crippen molar-refractivity contribution in [2.75, 3.05) is 0 Å². The maximum Gasteiger partial charge on any atom is 0.0621 e. The molecule has 0 bridgehead atoms. The van der Waals surface area contributed by atoms with Crippen LogP contribution in [0.1, 0.15) is 85.5 Å². The summed E-state index contributed by atoms with van der Waals surface area (Å²) in [5, 5.41) is 8.65. The van der Waals surface area contributed by atoms with Crippen molar-refractivity contribution in [3.8, 4) is 6.07 Å². The molecule has 0 aliphatic heterocycles. The predicted octanol–water partition coefficient (Wildman–Crippen LogP) is 5.70. The molecule has 0 amide bonds. The Hall–Kier alpha value is -0.510. The Morgan fingerprint density at radius 2 is 1.83 bits per heavy atom. The van der Waals surface area contributed by atoms with Crippen LogP contribution in [0.4, 0.5) is 0 Å². The summed E-state index contributed by atoms with van der Waals surface area (Å²) >= 11 is 0. The highest BCUT2D eigenvalue weighted by Crippen LogP contribution is 2.53. The van der Waals surface area contributed by atoms with Crippen LogP contribution in [-0.2, 0) is 0 Å². The van der Waals surface area contributed by atoms with Crippen molar-refractivity contribution in [2.45, 2.75) is 85.5 Å². The molecule has 1 nitrogen and oxygen atoms in total. The molecule has 1 unspecified atom stereocenters. The van der Waals surface area contributed by atoms with Crippen LogP contribution in [0.15, 0.2) is 0 Å². The van der Waals surface area contributed by atoms with Crippen LogP contribution in [-0.4, -0.2) is 0 Å². The van der Waals surface area contributed by atoms with Gasteiger partial charge in [-0.1, -0.05) is 53.4 Å². The maximum atomic E-state index is 8.65. The molecule has 0 radical (unpaired) electrons. The van der Waals surface area contributed by atoms with Gasteiger partial charge in [0, 0.05) is 6.42 Å². The van der Waals surface area contributed by atoms with E-state index in [1.165, 1.54) is 44.9 Å². The van der Waals surface area contributed by atoms with Gasteiger partial charge in [0.25, 0.3) is 0 Å². The van der Waals surface area contributed by atoms with E-state index in [0.717, 1.165) is 18.8 Å². The highest BCUT2D eigenvalue weighted by atomic mass is 14.5. The maximum absolute atomic E-state index is 8.65. The molecule has 1 atom stereocenters. The van der Waals surface area contributed by atoms with Crippen molar-refractivity contribution in [1.82, 2.24) is 0 Å². The molecule has 0 aromatic carbocycles. The fourth-order valence-corrected chi connectivity index (χ4v) is 4.01. The van der Waals surface area contributed by atoms with Gasteiger partial charge < -0.3 is 0 Å². The van der Waals surface area contributed by atoms with Crippen LogP contribution in [0.3, 0.4) is 0 Å². The van der Waals surface area contributed by atoms with E-state index >= 15 is 0 Å². The van der Waals surface area contributed by atoms with Crippen LogP contribution in [0, 0.1) is 28.1 Å². The zero-order chi connectivity index (χ0) is 13.6. The Bertz CT molecular complexity index is 278. The number of nitriles is 1. The average Bonchev–Trinajstić information content (AvgIpc) is 2.76. The van der Waals surface area contributed by atoms with E-state index in [4.69, 9.17) is 5.26 Å². The molecule has 104 valence electrons. The molecule has 1 heteroatoms. The summed E-state index contributed by atoms with van der Waals surface area (Å²) in [5.41, 5.74) is 1.01. The molecule has 0 spiro atoms. The van der Waals surface area contributed by atoms with Gasteiger partial charge in [-0.25, -0.2) is 0 Å². The van der Waals surface area contributed by atoms with Gasteiger partial charge in [-0.05, 0) is 42.4 Å². The number of hydrogen-bond acceptors (Lipinski definition) is 1. The van der Waals surface area contributed by atoms with Gasteiger partial charge in [-0.3, -0.25) is 0 Å². The summed E-state index contributed by atoms with van der Waals surface area (Å²) in [5.74, 6) is 0.830. The normalized spacial score (nSPS) is 20.6. The van der Waals surface area contributed by atoms with Crippen molar-refractivity contribution in [1.29, 1.82) is 5.26 Å². The van der Waals surface area contributed by atoms with E-state index in [9.17, 15) is 0 Å². The number of hydrogen-bond donors (Lipinski definition) is 0. The molecule has 1 aliphatic carbocycles. The molecular weight excluding hydrogens is 218 g/mol. The van der Waals surface area contributed by atoms with Crippen molar-refractivity contribution < 1.29 is 0 Å². The third kappa shape index (κ3) is 3.74. The third-order valence-corrected chi connectivity index (χ3v) is 5.47. The van der Waals surface area contributed by atoms with E-state index in [1.807, 2.05) is 0 Å². The zero-order valence-electron chi connectivity index (χ0n) is 12.9. The summed E-state index contributed by atoms with van der Waals surface area (Å²) in [6.45, 7) is 9.75. The second kappa shape index (κ2) is 6.60. The summed E-state index contributed by atoms with van der Waals surface area (Å²) in [6.07, 6.45) is 11.3. The van der Waals surface area contributed by atoms with Gasteiger partial charge in [0.05, 0.1) is 6.07 Å². The fourth-order valence-electron chi connectivity index (χ4n) is 4.01. The smallest absolute Gasteiger partial charge is 0.0621 e. The fraction of sp³-hybridized carbons (Fsp3) is 0.941. The first-order valence-electron chi connectivity index (χ1n) is 7.83. The Kier molecular flexibility index (Phi) is 5.70. The summed E-state index contributed by atoms with van der Waals surface area (Å²) in [6, 6.07) is 2.27. The molecular formula is C17H31N. The van der Waals surface area contributed by atoms with Gasteiger partial charge in [0.15, 0.2) is 0 Å². The standard InChI is InChI=1S/C17H31N/c1-5-16(2,3)15(11-7-6-10-14-18)17(4)12-8-9-13-17/h15H,5-13H2,1-4H3. The van der Waals surface area contributed by atoms with Crippen LogP contribution in [0.2, 0.25) is 0 Å². The van der Waals surface area contributed by atoms with Gasteiger partial charge in [0.2, 0.25) is 0 Å². The minimum absolute atomic E-state index is 0.450. The molecule has 18 heavy (non-hydrogen) atoms. The molecule has 1 saturated carbocycles. The largest absolute Gasteiger partial charge is 0.198 e. The van der Waals surface area contributed by atoms with E-state index in [0.29, 0.717) is 10.8 Å². The number of nitrogens with zero attached hydrogens (tertiary/aromatic N) is 1. The Labute approximate surface area is 114 Å². The van der Waals surface area contributed by atoms with Gasteiger partial charge in [-0.2, -0.15) is 5.26 Å². The summed E-state index contributed by atoms with van der Waals surface area (Å²) < 4.78 is 0. The lowest BCUT2D eigenvalue weighted by molar-refractivity contribution is 0.0490. The van der Waals surface area contributed by atoms with Crippen LogP contribution >= 0.6 is 0 Å². The Balaban J connectivity index is 2.67. The van der Waals surface area contributed by atoms with Crippen LogP contribution < -0.4 is 0 Å². The molecule has 0 heterocycles. The summed E-state index contributed by atoms with van der Waals surface area (Å²) in [7, 11) is 0. The predicted molar refractivity (Wildman–Crippen MR) is 78.2 cm³/mol. The van der Waals surface area contributed by atoms with Crippen LogP contribution in [0.5, 0.6) is 0 Å². The van der Waals surface area contributed by atoms with E-state index in [1.54, 1.807) is 0 Å². The second-order valence-corrected chi connectivity index (χ2v) is 7.16. The monoisotopic (exact) mass is 249 g/mol. The first-order chi connectivity index (χ1) is 8.46. The topological polar surface area (TPSA) is 23.8 Å². The first-order valence-corrected chi connectivity index (χ1v) is 7.83. The lowest BCUT2D eigenvalue weighted by atomic mass is 9.60. The third-order valence-electron chi connectivity index (χ3n) is 5.47. The molecule has 0 aromatic rings. The molecule has 1 fully saturated rings. The van der Waals surface area contributed by atoms with Gasteiger partial charge in [0.1, 0.15) is 0 Å². The molecule has 1 rings (SSSR count). The highest BCUT2D eigenvalue weighted by Gasteiger charge is 2.43. The summed E-state index contributed by atoms with van der Waals surface area (Å²) in [4.78, 5) is 0. The molecule has 0 aromatic heterocycles. The second-order valence-electron chi connectivity index (χ2n) is 7.16. The number of rotatable bonds is 7. The molecule has 0 saturated heterocycles. The van der Waals surface area contributed by atoms with Crippen molar-refractivity contribution in [3.63, 3.8) is 0 Å². The van der Waals surface area contributed by atoms with Gasteiger partial charge >= 0.3 is 0 Å². The van der Waals surface area contributed by atoms with Crippen molar-refractivity contribution in [3.05, 3.63) is 0 Å². The van der Waals surface area contributed by atoms with E-state index in [2.05, 4.69) is 33.8 Å². The van der Waals surface area contributed by atoms with Crippen molar-refractivity contribution >= 4 is 0 Å². The first kappa shape index (κ1) is 15.5.